The minimum Gasteiger partial charge on any atom is -0.475 e. The van der Waals surface area contributed by atoms with Gasteiger partial charge < -0.3 is 9.47 Å². The van der Waals surface area contributed by atoms with Crippen LogP contribution in [0, 0.1) is 35.5 Å². The number of ether oxygens (including phenoxy) is 2. The summed E-state index contributed by atoms with van der Waals surface area (Å²) in [5, 5.41) is 0. The van der Waals surface area contributed by atoms with E-state index in [1.54, 1.807) is 0 Å². The second kappa shape index (κ2) is 4.64. The molecule has 0 aromatic heterocycles. The summed E-state index contributed by atoms with van der Waals surface area (Å²) < 4.78 is 12.1. The van der Waals surface area contributed by atoms with Crippen molar-refractivity contribution in [1.29, 1.82) is 0 Å². The van der Waals surface area contributed by atoms with Crippen molar-refractivity contribution < 1.29 is 9.47 Å². The van der Waals surface area contributed by atoms with Gasteiger partial charge in [-0.15, -0.1) is 0 Å². The van der Waals surface area contributed by atoms with Gasteiger partial charge in [0.1, 0.15) is 13.2 Å². The molecule has 0 amide bonds. The van der Waals surface area contributed by atoms with E-state index in [1.807, 2.05) is 0 Å². The first kappa shape index (κ1) is 13.9. The average molecular weight is 326 g/mol. The molecule has 0 radical (unpaired) electrons. The minimum atomic E-state index is 0.286. The van der Waals surface area contributed by atoms with Gasteiger partial charge in [0.2, 0.25) is 11.8 Å². The number of aliphatic imine (C=N–C) groups is 2. The van der Waals surface area contributed by atoms with Crippen LogP contribution in [-0.4, -0.2) is 37.1 Å². The molecule has 5 aliphatic carbocycles. The average Bonchev–Trinajstić information content (AvgIpc) is 3.28. The van der Waals surface area contributed by atoms with E-state index in [9.17, 15) is 0 Å². The number of hydrogen-bond acceptors (Lipinski definition) is 4. The second-order valence-corrected chi connectivity index (χ2v) is 8.88. The van der Waals surface area contributed by atoms with Crippen LogP contribution in [-0.2, 0) is 9.47 Å². The summed E-state index contributed by atoms with van der Waals surface area (Å²) >= 11 is 0. The van der Waals surface area contributed by atoms with Crippen LogP contribution >= 0.6 is 0 Å². The van der Waals surface area contributed by atoms with Gasteiger partial charge in [0.25, 0.3) is 0 Å². The van der Waals surface area contributed by atoms with Crippen molar-refractivity contribution in [2.75, 3.05) is 13.2 Å². The summed E-state index contributed by atoms with van der Waals surface area (Å²) in [5.74, 6) is 6.64. The highest BCUT2D eigenvalue weighted by molar-refractivity contribution is 6.07. The van der Waals surface area contributed by atoms with E-state index >= 15 is 0 Å². The van der Waals surface area contributed by atoms with Gasteiger partial charge in [-0.25, -0.2) is 9.98 Å². The quantitative estimate of drug-likeness (QED) is 0.782. The number of hydrogen-bond donors (Lipinski definition) is 0. The zero-order valence-corrected chi connectivity index (χ0v) is 14.6. The summed E-state index contributed by atoms with van der Waals surface area (Å²) in [6, 6.07) is 0.572. The van der Waals surface area contributed by atoms with Gasteiger partial charge in [0, 0.05) is 11.1 Å². The molecular formula is C20H26N2O2. The maximum atomic E-state index is 6.07. The highest BCUT2D eigenvalue weighted by atomic mass is 16.5. The molecule has 24 heavy (non-hydrogen) atoms. The van der Waals surface area contributed by atoms with E-state index in [4.69, 9.17) is 19.5 Å². The molecule has 0 aromatic rings. The molecule has 7 aliphatic rings. The first-order chi connectivity index (χ1) is 11.7. The molecule has 3 saturated carbocycles. The first-order valence-electron chi connectivity index (χ1n) is 9.88. The molecule has 0 aromatic carbocycles. The Balaban J connectivity index is 1.57. The van der Waals surface area contributed by atoms with Gasteiger partial charge in [-0.3, -0.25) is 0 Å². The highest BCUT2D eigenvalue weighted by Gasteiger charge is 2.64. The molecule has 7 rings (SSSR count). The van der Waals surface area contributed by atoms with Crippen LogP contribution in [0.2, 0.25) is 0 Å². The van der Waals surface area contributed by atoms with Crippen molar-refractivity contribution in [3.8, 4) is 0 Å². The van der Waals surface area contributed by atoms with E-state index in [0.29, 0.717) is 11.8 Å². The van der Waals surface area contributed by atoms with Crippen LogP contribution < -0.4 is 0 Å². The van der Waals surface area contributed by atoms with Gasteiger partial charge in [-0.2, -0.15) is 0 Å². The second-order valence-electron chi connectivity index (χ2n) is 8.88. The Kier molecular flexibility index (Phi) is 2.69. The Hall–Kier alpha value is -1.32. The Bertz CT molecular complexity index is 616. The van der Waals surface area contributed by atoms with Crippen molar-refractivity contribution in [2.45, 2.75) is 51.6 Å². The van der Waals surface area contributed by atoms with Crippen LogP contribution in [0.4, 0.5) is 0 Å². The molecule has 4 heteroatoms. The summed E-state index contributed by atoms with van der Waals surface area (Å²) in [7, 11) is 0. The monoisotopic (exact) mass is 326 g/mol. The normalized spacial score (nSPS) is 50.9. The van der Waals surface area contributed by atoms with Gasteiger partial charge in [0.05, 0.1) is 12.1 Å². The SMILES string of the molecule is C[C@H]1COC(C2=C(C3=N[C@@H](C)CO3)C3C4CCC3C3CCC4C23)=N1. The zero-order chi connectivity index (χ0) is 16.0. The topological polar surface area (TPSA) is 43.2 Å². The lowest BCUT2D eigenvalue weighted by molar-refractivity contribution is 0.0972. The largest absolute Gasteiger partial charge is 0.475 e. The molecule has 6 atom stereocenters. The highest BCUT2D eigenvalue weighted by Crippen LogP contribution is 2.69. The van der Waals surface area contributed by atoms with Crippen molar-refractivity contribution in [2.24, 2.45) is 45.5 Å². The lowest BCUT2D eigenvalue weighted by atomic mass is 9.55. The fourth-order valence-corrected chi connectivity index (χ4v) is 7.02. The Morgan fingerprint density at radius 2 is 1.04 bits per heavy atom. The van der Waals surface area contributed by atoms with Gasteiger partial charge in [-0.1, -0.05) is 0 Å². The smallest absolute Gasteiger partial charge is 0.213 e. The molecule has 4 unspecified atom stereocenters. The Morgan fingerprint density at radius 3 is 1.33 bits per heavy atom. The molecule has 3 fully saturated rings. The fraction of sp³-hybridized carbons (Fsp3) is 0.800. The summed E-state index contributed by atoms with van der Waals surface area (Å²) in [6.45, 7) is 5.77. The van der Waals surface area contributed by atoms with Gasteiger partial charge >= 0.3 is 0 Å². The Labute approximate surface area is 143 Å². The van der Waals surface area contributed by atoms with E-state index in [-0.39, 0.29) is 12.1 Å². The molecule has 6 bridgehead atoms. The third-order valence-corrected chi connectivity index (χ3v) is 7.63. The molecule has 128 valence electrons. The van der Waals surface area contributed by atoms with Crippen LogP contribution in [0.3, 0.4) is 0 Å². The fourth-order valence-electron chi connectivity index (χ4n) is 7.02. The van der Waals surface area contributed by atoms with Crippen LogP contribution in [0.25, 0.3) is 0 Å². The van der Waals surface area contributed by atoms with E-state index in [2.05, 4.69) is 13.8 Å². The van der Waals surface area contributed by atoms with Crippen molar-refractivity contribution >= 4 is 11.8 Å². The third kappa shape index (κ3) is 1.60. The first-order valence-corrected chi connectivity index (χ1v) is 9.88. The number of nitrogens with zero attached hydrogens (tertiary/aromatic N) is 2. The molecular weight excluding hydrogens is 300 g/mol. The van der Waals surface area contributed by atoms with Crippen LogP contribution in [0.5, 0.6) is 0 Å². The van der Waals surface area contributed by atoms with Crippen molar-refractivity contribution in [1.82, 2.24) is 0 Å². The maximum absolute atomic E-state index is 6.07. The van der Waals surface area contributed by atoms with Gasteiger partial charge in [0.15, 0.2) is 0 Å². The van der Waals surface area contributed by atoms with Crippen molar-refractivity contribution in [3.63, 3.8) is 0 Å². The molecule has 0 saturated heterocycles. The molecule has 4 nitrogen and oxygen atoms in total. The molecule has 2 heterocycles. The predicted octanol–water partition coefficient (Wildman–Crippen LogP) is 3.23. The van der Waals surface area contributed by atoms with E-state index in [0.717, 1.165) is 48.7 Å². The zero-order valence-electron chi connectivity index (χ0n) is 14.6. The predicted molar refractivity (Wildman–Crippen MR) is 92.1 cm³/mol. The van der Waals surface area contributed by atoms with Crippen LogP contribution in [0.15, 0.2) is 21.1 Å². The maximum Gasteiger partial charge on any atom is 0.213 e. The lowest BCUT2D eigenvalue weighted by Crippen LogP contribution is -2.47. The van der Waals surface area contributed by atoms with Gasteiger partial charge in [-0.05, 0) is 75.0 Å². The minimum absolute atomic E-state index is 0.286. The lowest BCUT2D eigenvalue weighted by Gasteiger charge is -2.49. The molecule has 0 N–H and O–H groups in total. The standard InChI is InChI=1S/C20H26N2O2/c1-9-7-23-19(21-9)17-15-11-3-4-12(15)14-6-5-13(11)16(14)18(17)20-22-10(2)8-24-20/h9-16H,3-8H2,1-2H3/t9-,10-,11?,12?,13?,14?,15?,16?/m0/s1. The summed E-state index contributed by atoms with van der Waals surface area (Å²) in [4.78, 5) is 9.73. The molecule has 0 spiro atoms. The third-order valence-electron chi connectivity index (χ3n) is 7.63. The van der Waals surface area contributed by atoms with E-state index < -0.39 is 0 Å². The Morgan fingerprint density at radius 1 is 0.667 bits per heavy atom. The molecule has 2 aliphatic heterocycles. The van der Waals surface area contributed by atoms with E-state index in [1.165, 1.54) is 36.8 Å². The number of rotatable bonds is 2. The van der Waals surface area contributed by atoms with Crippen molar-refractivity contribution in [3.05, 3.63) is 11.1 Å². The summed E-state index contributed by atoms with van der Waals surface area (Å²) in [5.41, 5.74) is 2.83. The summed E-state index contributed by atoms with van der Waals surface area (Å²) in [6.07, 6.45) is 5.65. The van der Waals surface area contributed by atoms with Crippen LogP contribution in [0.1, 0.15) is 39.5 Å².